The van der Waals surface area contributed by atoms with Crippen molar-refractivity contribution in [3.8, 4) is 0 Å². The van der Waals surface area contributed by atoms with E-state index in [2.05, 4.69) is 5.32 Å². The first-order valence-corrected chi connectivity index (χ1v) is 4.47. The van der Waals surface area contributed by atoms with Crippen molar-refractivity contribution in [2.45, 2.75) is 18.9 Å². The van der Waals surface area contributed by atoms with Crippen LogP contribution in [-0.4, -0.2) is 41.8 Å². The van der Waals surface area contributed by atoms with E-state index < -0.39 is 6.09 Å². The van der Waals surface area contributed by atoms with Crippen molar-refractivity contribution in [2.75, 3.05) is 19.6 Å². The van der Waals surface area contributed by atoms with Crippen LogP contribution in [0.1, 0.15) is 12.8 Å². The van der Waals surface area contributed by atoms with Crippen LogP contribution in [0.3, 0.4) is 0 Å². The Morgan fingerprint density at radius 3 is 3.08 bits per heavy atom. The number of carboxylic acid groups (broad SMARTS) is 1. The molecule has 4 heteroatoms. The number of nitrogens with zero attached hydrogens (tertiary/aromatic N) is 1. The number of fused-ring (bicyclic) bond motifs is 2. The maximum atomic E-state index is 10.8. The predicted molar refractivity (Wildman–Crippen MR) is 44.1 cm³/mol. The molecular weight excluding hydrogens is 156 g/mol. The number of nitrogens with one attached hydrogen (secondary N) is 1. The minimum Gasteiger partial charge on any atom is -0.465 e. The quantitative estimate of drug-likeness (QED) is 0.551. The van der Waals surface area contributed by atoms with Gasteiger partial charge in [-0.3, -0.25) is 0 Å². The van der Waals surface area contributed by atoms with Gasteiger partial charge in [-0.1, -0.05) is 0 Å². The predicted octanol–water partition coefficient (Wildman–Crippen LogP) is 0.348. The zero-order valence-corrected chi connectivity index (χ0v) is 6.99. The molecule has 0 spiro atoms. The highest BCUT2D eigenvalue weighted by Gasteiger charge is 2.33. The molecule has 12 heavy (non-hydrogen) atoms. The van der Waals surface area contributed by atoms with Crippen LogP contribution in [0.2, 0.25) is 0 Å². The van der Waals surface area contributed by atoms with Crippen LogP contribution in [0.25, 0.3) is 0 Å². The van der Waals surface area contributed by atoms with E-state index in [1.165, 1.54) is 0 Å². The van der Waals surface area contributed by atoms with Crippen molar-refractivity contribution >= 4 is 6.09 Å². The smallest absolute Gasteiger partial charge is 0.407 e. The average Bonchev–Trinajstić information content (AvgIpc) is 2.04. The number of hydrogen-bond acceptors (Lipinski definition) is 2. The molecule has 68 valence electrons. The van der Waals surface area contributed by atoms with Crippen molar-refractivity contribution in [3.05, 3.63) is 0 Å². The molecule has 2 unspecified atom stereocenters. The Hall–Kier alpha value is -0.770. The van der Waals surface area contributed by atoms with Gasteiger partial charge in [-0.25, -0.2) is 4.79 Å². The molecule has 2 N–H and O–H groups in total. The van der Waals surface area contributed by atoms with Gasteiger partial charge in [0.1, 0.15) is 0 Å². The summed E-state index contributed by atoms with van der Waals surface area (Å²) in [6.45, 7) is 2.64. The van der Waals surface area contributed by atoms with E-state index >= 15 is 0 Å². The Morgan fingerprint density at radius 1 is 1.50 bits per heavy atom. The van der Waals surface area contributed by atoms with E-state index in [9.17, 15) is 4.79 Å². The molecule has 0 aromatic heterocycles. The summed E-state index contributed by atoms with van der Waals surface area (Å²) in [4.78, 5) is 12.3. The minimum absolute atomic E-state index is 0.231. The zero-order valence-electron chi connectivity index (χ0n) is 6.99. The summed E-state index contributed by atoms with van der Waals surface area (Å²) in [6.07, 6.45) is 1.32. The highest BCUT2D eigenvalue weighted by molar-refractivity contribution is 5.65. The molecule has 0 saturated carbocycles. The lowest BCUT2D eigenvalue weighted by Gasteiger charge is -2.41. The highest BCUT2D eigenvalue weighted by atomic mass is 16.4. The molecular formula is C8H14N2O2. The van der Waals surface area contributed by atoms with Crippen LogP contribution in [-0.2, 0) is 0 Å². The summed E-state index contributed by atoms with van der Waals surface area (Å²) in [5.74, 6) is 0.708. The molecule has 2 fully saturated rings. The third kappa shape index (κ3) is 1.27. The lowest BCUT2D eigenvalue weighted by atomic mass is 9.88. The zero-order chi connectivity index (χ0) is 8.55. The Bertz CT molecular complexity index is 195. The molecule has 0 aromatic carbocycles. The number of amides is 1. The van der Waals surface area contributed by atoms with Gasteiger partial charge in [0.25, 0.3) is 0 Å². The van der Waals surface area contributed by atoms with Crippen LogP contribution in [0.4, 0.5) is 4.79 Å². The van der Waals surface area contributed by atoms with Crippen LogP contribution in [0.5, 0.6) is 0 Å². The van der Waals surface area contributed by atoms with Gasteiger partial charge in [-0.15, -0.1) is 0 Å². The summed E-state index contributed by atoms with van der Waals surface area (Å²) in [5.41, 5.74) is 0. The van der Waals surface area contributed by atoms with Crippen molar-refractivity contribution in [2.24, 2.45) is 5.92 Å². The van der Waals surface area contributed by atoms with Gasteiger partial charge in [0.15, 0.2) is 0 Å². The van der Waals surface area contributed by atoms with Crippen molar-refractivity contribution in [3.63, 3.8) is 0 Å². The fraction of sp³-hybridized carbons (Fsp3) is 0.875. The number of likely N-dealkylation sites (tertiary alicyclic amines) is 1. The molecule has 1 amide bonds. The first-order valence-electron chi connectivity index (χ1n) is 4.47. The Kier molecular flexibility index (Phi) is 1.92. The van der Waals surface area contributed by atoms with Crippen LogP contribution >= 0.6 is 0 Å². The fourth-order valence-corrected chi connectivity index (χ4v) is 2.22. The number of piperidine rings is 2. The van der Waals surface area contributed by atoms with E-state index in [-0.39, 0.29) is 6.04 Å². The van der Waals surface area contributed by atoms with Crippen molar-refractivity contribution in [1.82, 2.24) is 10.2 Å². The monoisotopic (exact) mass is 170 g/mol. The average molecular weight is 170 g/mol. The van der Waals surface area contributed by atoms with Crippen LogP contribution in [0, 0.1) is 5.92 Å². The number of carbonyl (C=O) groups is 1. The maximum absolute atomic E-state index is 10.8. The lowest BCUT2D eigenvalue weighted by Crippen LogP contribution is -2.55. The van der Waals surface area contributed by atoms with E-state index in [0.29, 0.717) is 5.92 Å². The van der Waals surface area contributed by atoms with Gasteiger partial charge in [0, 0.05) is 19.1 Å². The van der Waals surface area contributed by atoms with Crippen LogP contribution in [0.15, 0.2) is 0 Å². The second-order valence-corrected chi connectivity index (χ2v) is 3.68. The van der Waals surface area contributed by atoms with Gasteiger partial charge in [-0.05, 0) is 25.3 Å². The van der Waals surface area contributed by atoms with Gasteiger partial charge >= 0.3 is 6.09 Å². The lowest BCUT2D eigenvalue weighted by molar-refractivity contribution is 0.0743. The first kappa shape index (κ1) is 7.86. The Labute approximate surface area is 71.5 Å². The largest absolute Gasteiger partial charge is 0.465 e. The summed E-state index contributed by atoms with van der Waals surface area (Å²) < 4.78 is 0. The van der Waals surface area contributed by atoms with E-state index in [0.717, 1.165) is 32.5 Å². The summed E-state index contributed by atoms with van der Waals surface area (Å²) >= 11 is 0. The standard InChI is InChI=1S/C8H14N2O2/c11-8(12)10-2-1-6-3-7(10)5-9-4-6/h6-7,9H,1-5H2,(H,11,12). The molecule has 2 aliphatic heterocycles. The third-order valence-corrected chi connectivity index (χ3v) is 2.88. The molecule has 0 aliphatic carbocycles. The van der Waals surface area contributed by atoms with Crippen molar-refractivity contribution < 1.29 is 9.90 Å². The summed E-state index contributed by atoms with van der Waals surface area (Å²) in [6, 6.07) is 0.231. The molecule has 2 bridgehead atoms. The van der Waals surface area contributed by atoms with Gasteiger partial charge < -0.3 is 15.3 Å². The number of hydrogen-bond donors (Lipinski definition) is 2. The van der Waals surface area contributed by atoms with E-state index in [1.54, 1.807) is 4.90 Å². The van der Waals surface area contributed by atoms with Crippen molar-refractivity contribution in [1.29, 1.82) is 0 Å². The fourth-order valence-electron chi connectivity index (χ4n) is 2.22. The third-order valence-electron chi connectivity index (χ3n) is 2.88. The second kappa shape index (κ2) is 2.94. The summed E-state index contributed by atoms with van der Waals surface area (Å²) in [5, 5.41) is 12.1. The molecule has 2 atom stereocenters. The molecule has 2 aliphatic rings. The van der Waals surface area contributed by atoms with Gasteiger partial charge in [-0.2, -0.15) is 0 Å². The molecule has 0 aromatic rings. The molecule has 2 rings (SSSR count). The molecule has 2 heterocycles. The maximum Gasteiger partial charge on any atom is 0.407 e. The highest BCUT2D eigenvalue weighted by Crippen LogP contribution is 2.24. The Morgan fingerprint density at radius 2 is 2.33 bits per heavy atom. The topological polar surface area (TPSA) is 52.6 Å². The normalized spacial score (nSPS) is 34.8. The number of rotatable bonds is 0. The first-order chi connectivity index (χ1) is 5.77. The minimum atomic E-state index is -0.762. The van der Waals surface area contributed by atoms with Gasteiger partial charge in [0.05, 0.1) is 0 Å². The summed E-state index contributed by atoms with van der Waals surface area (Å²) in [7, 11) is 0. The molecule has 0 radical (unpaired) electrons. The van der Waals surface area contributed by atoms with E-state index in [4.69, 9.17) is 5.11 Å². The molecule has 2 saturated heterocycles. The van der Waals surface area contributed by atoms with Gasteiger partial charge in [0.2, 0.25) is 0 Å². The second-order valence-electron chi connectivity index (χ2n) is 3.68. The SMILES string of the molecule is O=C(O)N1CCC2CNCC1C2. The molecule has 4 nitrogen and oxygen atoms in total. The van der Waals surface area contributed by atoms with E-state index in [1.807, 2.05) is 0 Å². The van der Waals surface area contributed by atoms with Crippen LogP contribution < -0.4 is 5.32 Å². The Balaban J connectivity index is 2.04.